The van der Waals surface area contributed by atoms with Gasteiger partial charge in [-0.05, 0) is 44.2 Å². The number of hydrogen-bond acceptors (Lipinski definition) is 4. The molecule has 0 bridgehead atoms. The first-order chi connectivity index (χ1) is 11.6. The fourth-order valence-electron chi connectivity index (χ4n) is 3.09. The lowest BCUT2D eigenvalue weighted by Crippen LogP contribution is -2.39. The van der Waals surface area contributed by atoms with E-state index < -0.39 is 6.10 Å². The lowest BCUT2D eigenvalue weighted by Gasteiger charge is -2.28. The van der Waals surface area contributed by atoms with E-state index in [1.165, 1.54) is 17.8 Å². The van der Waals surface area contributed by atoms with Gasteiger partial charge in [0.25, 0.3) is 0 Å². The van der Waals surface area contributed by atoms with E-state index >= 15 is 0 Å². The maximum Gasteiger partial charge on any atom is 0.249 e. The molecule has 24 heavy (non-hydrogen) atoms. The third-order valence-electron chi connectivity index (χ3n) is 4.52. The molecule has 0 aromatic heterocycles. The van der Waals surface area contributed by atoms with Crippen molar-refractivity contribution in [3.05, 3.63) is 29.6 Å². The topological polar surface area (TPSA) is 47.6 Å². The molecule has 0 spiro atoms. The number of thioether (sulfide) groups is 1. The van der Waals surface area contributed by atoms with Crippen molar-refractivity contribution < 1.29 is 18.7 Å². The summed E-state index contributed by atoms with van der Waals surface area (Å²) in [4.78, 5) is 13.1. The Balaban J connectivity index is 1.54. The van der Waals surface area contributed by atoms with Crippen molar-refractivity contribution in [2.45, 2.75) is 55.8 Å². The molecular weight excluding hydrogens is 329 g/mol. The van der Waals surface area contributed by atoms with Gasteiger partial charge in [-0.15, -0.1) is 11.8 Å². The van der Waals surface area contributed by atoms with Crippen LogP contribution in [0.4, 0.5) is 4.39 Å². The van der Waals surface area contributed by atoms with E-state index in [0.717, 1.165) is 43.6 Å². The molecule has 0 saturated carbocycles. The highest BCUT2D eigenvalue weighted by Gasteiger charge is 2.26. The van der Waals surface area contributed by atoms with Crippen molar-refractivity contribution in [1.82, 2.24) is 5.32 Å². The number of nitrogens with one attached hydrogen (secondary N) is 1. The highest BCUT2D eigenvalue weighted by Crippen LogP contribution is 2.37. The van der Waals surface area contributed by atoms with Crippen LogP contribution in [0.5, 0.6) is 0 Å². The SMILES string of the molecule is C[C@H](OC[C@H]1CCCCO1)C(=O)N[C@H]1CCSc2c(F)cccc21. The highest BCUT2D eigenvalue weighted by molar-refractivity contribution is 7.99. The molecule has 0 radical (unpaired) electrons. The van der Waals surface area contributed by atoms with Gasteiger partial charge in [0.2, 0.25) is 5.91 Å². The van der Waals surface area contributed by atoms with Crippen LogP contribution in [0.1, 0.15) is 44.2 Å². The molecule has 132 valence electrons. The van der Waals surface area contributed by atoms with E-state index in [4.69, 9.17) is 9.47 Å². The van der Waals surface area contributed by atoms with Crippen molar-refractivity contribution in [1.29, 1.82) is 0 Å². The Morgan fingerprint density at radius 2 is 2.33 bits per heavy atom. The Hall–Kier alpha value is -1.11. The fourth-order valence-corrected chi connectivity index (χ4v) is 4.23. The molecule has 3 atom stereocenters. The molecule has 1 amide bonds. The number of carbonyl (C=O) groups is 1. The largest absolute Gasteiger partial charge is 0.376 e. The average molecular weight is 353 g/mol. The number of fused-ring (bicyclic) bond motifs is 1. The van der Waals surface area contributed by atoms with Gasteiger partial charge in [-0.1, -0.05) is 12.1 Å². The molecule has 0 aliphatic carbocycles. The molecule has 3 rings (SSSR count). The minimum absolute atomic E-state index is 0.0925. The van der Waals surface area contributed by atoms with Crippen LogP contribution in [-0.2, 0) is 14.3 Å². The molecule has 1 N–H and O–H groups in total. The Bertz CT molecular complexity index is 577. The van der Waals surface area contributed by atoms with Gasteiger partial charge < -0.3 is 14.8 Å². The number of rotatable bonds is 5. The predicted octanol–water partition coefficient (Wildman–Crippen LogP) is 3.45. The number of amides is 1. The fraction of sp³-hybridized carbons (Fsp3) is 0.611. The Morgan fingerprint density at radius 3 is 3.12 bits per heavy atom. The van der Waals surface area contributed by atoms with Gasteiger partial charge in [0.1, 0.15) is 11.9 Å². The zero-order valence-electron chi connectivity index (χ0n) is 13.9. The Labute approximate surface area is 146 Å². The first kappa shape index (κ1) is 17.7. The van der Waals surface area contributed by atoms with E-state index in [2.05, 4.69) is 5.32 Å². The Morgan fingerprint density at radius 1 is 1.46 bits per heavy atom. The lowest BCUT2D eigenvalue weighted by atomic mass is 10.0. The van der Waals surface area contributed by atoms with Crippen LogP contribution < -0.4 is 5.32 Å². The van der Waals surface area contributed by atoms with Gasteiger partial charge >= 0.3 is 0 Å². The molecule has 0 unspecified atom stereocenters. The minimum atomic E-state index is -0.540. The van der Waals surface area contributed by atoms with Crippen LogP contribution in [0, 0.1) is 5.82 Å². The zero-order chi connectivity index (χ0) is 16.9. The van der Waals surface area contributed by atoms with Gasteiger partial charge in [0, 0.05) is 17.3 Å². The highest BCUT2D eigenvalue weighted by atomic mass is 32.2. The quantitative estimate of drug-likeness (QED) is 0.881. The van der Waals surface area contributed by atoms with E-state index in [9.17, 15) is 9.18 Å². The standard InChI is InChI=1S/C18H24FNO3S/c1-12(23-11-13-5-2-3-9-22-13)18(21)20-16-8-10-24-17-14(16)6-4-7-15(17)19/h4,6-7,12-13,16H,2-3,5,8-11H2,1H3,(H,20,21)/t12-,13+,16-/m0/s1. The second-order valence-electron chi connectivity index (χ2n) is 6.32. The van der Waals surface area contributed by atoms with Gasteiger partial charge in [-0.25, -0.2) is 4.39 Å². The maximum atomic E-state index is 13.9. The van der Waals surface area contributed by atoms with Crippen molar-refractivity contribution in [2.75, 3.05) is 19.0 Å². The molecule has 1 saturated heterocycles. The smallest absolute Gasteiger partial charge is 0.249 e. The van der Waals surface area contributed by atoms with Crippen molar-refractivity contribution in [3.8, 4) is 0 Å². The molecule has 1 fully saturated rings. The molecular formula is C18H24FNO3S. The molecule has 2 heterocycles. The summed E-state index contributed by atoms with van der Waals surface area (Å²) in [7, 11) is 0. The van der Waals surface area contributed by atoms with Crippen molar-refractivity contribution >= 4 is 17.7 Å². The van der Waals surface area contributed by atoms with E-state index in [-0.39, 0.29) is 23.9 Å². The number of carbonyl (C=O) groups excluding carboxylic acids is 1. The monoisotopic (exact) mass is 353 g/mol. The Kier molecular flexibility index (Phi) is 6.14. The van der Waals surface area contributed by atoms with Crippen molar-refractivity contribution in [3.63, 3.8) is 0 Å². The van der Waals surface area contributed by atoms with Gasteiger partial charge in [0.15, 0.2) is 0 Å². The van der Waals surface area contributed by atoms with Crippen molar-refractivity contribution in [2.24, 2.45) is 0 Å². The molecule has 2 aliphatic heterocycles. The molecule has 1 aromatic rings. The van der Waals surface area contributed by atoms with E-state index in [1.807, 2.05) is 6.07 Å². The van der Waals surface area contributed by atoms with Crippen LogP contribution in [-0.4, -0.2) is 37.1 Å². The number of halogens is 1. The maximum absolute atomic E-state index is 13.9. The number of hydrogen-bond donors (Lipinski definition) is 1. The molecule has 2 aliphatic rings. The summed E-state index contributed by atoms with van der Waals surface area (Å²) < 4.78 is 25.2. The summed E-state index contributed by atoms with van der Waals surface area (Å²) in [6.07, 6.45) is 3.59. The third kappa shape index (κ3) is 4.29. The molecule has 1 aromatic carbocycles. The second kappa shape index (κ2) is 8.32. The minimum Gasteiger partial charge on any atom is -0.376 e. The van der Waals surface area contributed by atoms with Crippen LogP contribution in [0.3, 0.4) is 0 Å². The predicted molar refractivity (Wildman–Crippen MR) is 91.6 cm³/mol. The summed E-state index contributed by atoms with van der Waals surface area (Å²) in [5.74, 6) is 0.428. The summed E-state index contributed by atoms with van der Waals surface area (Å²) >= 11 is 1.51. The summed E-state index contributed by atoms with van der Waals surface area (Å²) in [6.45, 7) is 2.97. The van der Waals surface area contributed by atoms with E-state index in [1.54, 1.807) is 13.0 Å². The van der Waals surface area contributed by atoms with Gasteiger partial charge in [0.05, 0.1) is 18.8 Å². The first-order valence-corrected chi connectivity index (χ1v) is 9.58. The summed E-state index contributed by atoms with van der Waals surface area (Å²) in [5.41, 5.74) is 0.863. The molecule has 4 nitrogen and oxygen atoms in total. The number of ether oxygens (including phenoxy) is 2. The first-order valence-electron chi connectivity index (χ1n) is 8.60. The summed E-state index contributed by atoms with van der Waals surface area (Å²) in [6, 6.07) is 4.89. The van der Waals surface area contributed by atoms with Crippen LogP contribution in [0.15, 0.2) is 23.1 Å². The van der Waals surface area contributed by atoms with Crippen LogP contribution >= 0.6 is 11.8 Å². The molecule has 6 heteroatoms. The third-order valence-corrected chi connectivity index (χ3v) is 5.68. The normalized spacial score (nSPS) is 24.9. The second-order valence-corrected chi connectivity index (χ2v) is 7.43. The van der Waals surface area contributed by atoms with Gasteiger partial charge in [-0.2, -0.15) is 0 Å². The average Bonchev–Trinajstić information content (AvgIpc) is 2.61. The van der Waals surface area contributed by atoms with Crippen LogP contribution in [0.2, 0.25) is 0 Å². The summed E-state index contributed by atoms with van der Waals surface area (Å²) in [5, 5.41) is 3.01. The van der Waals surface area contributed by atoms with Gasteiger partial charge in [-0.3, -0.25) is 4.79 Å². The van der Waals surface area contributed by atoms with E-state index in [0.29, 0.717) is 11.5 Å². The number of benzene rings is 1. The zero-order valence-corrected chi connectivity index (χ0v) is 14.7. The van der Waals surface area contributed by atoms with Crippen LogP contribution in [0.25, 0.3) is 0 Å². The lowest BCUT2D eigenvalue weighted by molar-refractivity contribution is -0.136.